The van der Waals surface area contributed by atoms with Gasteiger partial charge in [-0.15, -0.1) is 0 Å². The largest absolute Gasteiger partial charge is 0.423 e. The van der Waals surface area contributed by atoms with Crippen LogP contribution in [0.5, 0.6) is 0 Å². The van der Waals surface area contributed by atoms with Crippen molar-refractivity contribution in [3.63, 3.8) is 0 Å². The van der Waals surface area contributed by atoms with Gasteiger partial charge in [0.15, 0.2) is 0 Å². The Morgan fingerprint density at radius 3 is 2.60 bits per heavy atom. The number of urea groups is 1. The Labute approximate surface area is 145 Å². The third kappa shape index (κ3) is 3.44. The van der Waals surface area contributed by atoms with Crippen molar-refractivity contribution in [2.75, 3.05) is 31.5 Å². The van der Waals surface area contributed by atoms with Gasteiger partial charge in [0.2, 0.25) is 0 Å². The van der Waals surface area contributed by atoms with Gasteiger partial charge in [0, 0.05) is 49.4 Å². The summed E-state index contributed by atoms with van der Waals surface area (Å²) in [7, 11) is 0. The van der Waals surface area contributed by atoms with E-state index >= 15 is 0 Å². The first kappa shape index (κ1) is 15.9. The lowest BCUT2D eigenvalue weighted by molar-refractivity contribution is 0.144. The van der Waals surface area contributed by atoms with Crippen LogP contribution in [-0.4, -0.2) is 48.1 Å². The molecule has 2 amide bonds. The summed E-state index contributed by atoms with van der Waals surface area (Å²) < 4.78 is 5.11. The molecule has 0 saturated carbocycles. The highest BCUT2D eigenvalue weighted by Gasteiger charge is 2.27. The minimum atomic E-state index is -0.375. The van der Waals surface area contributed by atoms with Crippen molar-refractivity contribution in [1.82, 2.24) is 9.80 Å². The summed E-state index contributed by atoms with van der Waals surface area (Å²) in [5.74, 6) is 0. The Kier molecular flexibility index (Phi) is 4.28. The molecule has 0 bridgehead atoms. The molecule has 2 aliphatic rings. The van der Waals surface area contributed by atoms with Gasteiger partial charge in [-0.25, -0.2) is 9.59 Å². The number of nitrogens with zero attached hydrogens (tertiary/aromatic N) is 2. The molecule has 3 heterocycles. The number of anilines is 1. The van der Waals surface area contributed by atoms with Crippen molar-refractivity contribution in [3.05, 3.63) is 52.9 Å². The van der Waals surface area contributed by atoms with E-state index in [4.69, 9.17) is 4.42 Å². The summed E-state index contributed by atoms with van der Waals surface area (Å²) in [6.45, 7) is 3.61. The molecule has 0 aliphatic carbocycles. The molecule has 1 saturated heterocycles. The van der Waals surface area contributed by atoms with E-state index in [-0.39, 0.29) is 11.7 Å². The van der Waals surface area contributed by atoms with Crippen molar-refractivity contribution in [1.29, 1.82) is 0 Å². The van der Waals surface area contributed by atoms with Crippen LogP contribution >= 0.6 is 0 Å². The van der Waals surface area contributed by atoms with Gasteiger partial charge < -0.3 is 14.6 Å². The van der Waals surface area contributed by atoms with Crippen molar-refractivity contribution < 1.29 is 9.21 Å². The van der Waals surface area contributed by atoms with Crippen LogP contribution < -0.4 is 10.9 Å². The van der Waals surface area contributed by atoms with Crippen LogP contribution in [0.3, 0.4) is 0 Å². The van der Waals surface area contributed by atoms with Crippen LogP contribution in [0.4, 0.5) is 10.5 Å². The fourth-order valence-corrected chi connectivity index (χ4v) is 3.58. The Hall–Kier alpha value is -2.60. The predicted molar refractivity (Wildman–Crippen MR) is 96.8 cm³/mol. The lowest BCUT2D eigenvalue weighted by atomic mass is 10.0. The topological polar surface area (TPSA) is 65.8 Å². The molecule has 25 heavy (non-hydrogen) atoms. The van der Waals surface area contributed by atoms with E-state index in [0.717, 1.165) is 44.4 Å². The monoisotopic (exact) mass is 339 g/mol. The van der Waals surface area contributed by atoms with E-state index in [1.165, 1.54) is 6.07 Å². The summed E-state index contributed by atoms with van der Waals surface area (Å²) in [5.41, 5.74) is 0.850. The zero-order valence-electron chi connectivity index (χ0n) is 14.0. The Morgan fingerprint density at radius 1 is 1.08 bits per heavy atom. The molecule has 0 spiro atoms. The standard InChI is InChI=1S/C19H21N3O3/c23-18-6-3-14-13-15(4-5-17(14)25-18)20-19(24)22-11-7-16(8-12-22)21-9-1-2-10-21/h1-6,13,16H,7-12H2,(H,20,24). The fourth-order valence-electron chi connectivity index (χ4n) is 3.58. The van der Waals surface area contributed by atoms with Gasteiger partial charge in [0.05, 0.1) is 0 Å². The molecule has 1 aromatic heterocycles. The van der Waals surface area contributed by atoms with Crippen LogP contribution in [0.1, 0.15) is 12.8 Å². The summed E-state index contributed by atoms with van der Waals surface area (Å²) in [4.78, 5) is 28.1. The number of benzene rings is 1. The number of carbonyl (C=O) groups is 1. The number of fused-ring (bicyclic) bond motifs is 1. The first-order valence-electron chi connectivity index (χ1n) is 8.68. The molecule has 2 aromatic rings. The first-order valence-corrected chi connectivity index (χ1v) is 8.68. The maximum absolute atomic E-state index is 12.5. The van der Waals surface area contributed by atoms with Gasteiger partial charge in [-0.1, -0.05) is 12.2 Å². The number of nitrogens with one attached hydrogen (secondary N) is 1. The average molecular weight is 339 g/mol. The normalized spacial score (nSPS) is 18.8. The first-order chi connectivity index (χ1) is 12.2. The number of amides is 2. The summed E-state index contributed by atoms with van der Waals surface area (Å²) in [5, 5.41) is 3.73. The molecule has 0 radical (unpaired) electrons. The number of hydrogen-bond donors (Lipinski definition) is 1. The van der Waals surface area contributed by atoms with Crippen molar-refractivity contribution >= 4 is 22.7 Å². The molecule has 6 nitrogen and oxygen atoms in total. The molecule has 0 unspecified atom stereocenters. The summed E-state index contributed by atoms with van der Waals surface area (Å²) in [6, 6.07) is 8.86. The lowest BCUT2D eigenvalue weighted by Gasteiger charge is -2.36. The second-order valence-corrected chi connectivity index (χ2v) is 6.58. The zero-order valence-corrected chi connectivity index (χ0v) is 14.0. The van der Waals surface area contributed by atoms with E-state index in [9.17, 15) is 9.59 Å². The Bertz CT molecular complexity index is 858. The molecule has 1 aromatic carbocycles. The fraction of sp³-hybridized carbons (Fsp3) is 0.368. The second kappa shape index (κ2) is 6.72. The van der Waals surface area contributed by atoms with E-state index in [1.54, 1.807) is 18.2 Å². The summed E-state index contributed by atoms with van der Waals surface area (Å²) in [6.07, 6.45) is 6.44. The van der Waals surface area contributed by atoms with Crippen molar-refractivity contribution in [2.45, 2.75) is 18.9 Å². The van der Waals surface area contributed by atoms with Crippen LogP contribution in [-0.2, 0) is 0 Å². The van der Waals surface area contributed by atoms with Gasteiger partial charge in [-0.05, 0) is 37.1 Å². The maximum atomic E-state index is 12.5. The third-order valence-corrected chi connectivity index (χ3v) is 4.99. The van der Waals surface area contributed by atoms with Crippen LogP contribution in [0.2, 0.25) is 0 Å². The molecule has 6 heteroatoms. The molecule has 130 valence electrons. The average Bonchev–Trinajstić information content (AvgIpc) is 3.17. The highest BCUT2D eigenvalue weighted by atomic mass is 16.4. The molecule has 2 aliphatic heterocycles. The Balaban J connectivity index is 1.37. The minimum Gasteiger partial charge on any atom is -0.423 e. The smallest absolute Gasteiger partial charge is 0.336 e. The number of carbonyl (C=O) groups excluding carboxylic acids is 1. The lowest BCUT2D eigenvalue weighted by Crippen LogP contribution is -2.47. The van der Waals surface area contributed by atoms with Crippen LogP contribution in [0.15, 0.2) is 51.7 Å². The SMILES string of the molecule is O=C(Nc1ccc2oc(=O)ccc2c1)N1CCC(N2CC=CC2)CC1. The van der Waals surface area contributed by atoms with E-state index in [1.807, 2.05) is 11.0 Å². The maximum Gasteiger partial charge on any atom is 0.336 e. The van der Waals surface area contributed by atoms with Crippen LogP contribution in [0.25, 0.3) is 11.0 Å². The second-order valence-electron chi connectivity index (χ2n) is 6.58. The summed E-state index contributed by atoms with van der Waals surface area (Å²) >= 11 is 0. The van der Waals surface area contributed by atoms with E-state index in [2.05, 4.69) is 22.4 Å². The molecular weight excluding hydrogens is 318 g/mol. The minimum absolute atomic E-state index is 0.0743. The molecule has 1 N–H and O–H groups in total. The van der Waals surface area contributed by atoms with E-state index < -0.39 is 0 Å². The van der Waals surface area contributed by atoms with Gasteiger partial charge in [0.1, 0.15) is 5.58 Å². The van der Waals surface area contributed by atoms with Gasteiger partial charge in [0.25, 0.3) is 0 Å². The molecular formula is C19H21N3O3. The molecule has 1 fully saturated rings. The van der Waals surface area contributed by atoms with E-state index in [0.29, 0.717) is 17.3 Å². The highest BCUT2D eigenvalue weighted by Crippen LogP contribution is 2.21. The Morgan fingerprint density at radius 2 is 1.84 bits per heavy atom. The van der Waals surface area contributed by atoms with Gasteiger partial charge in [-0.2, -0.15) is 0 Å². The number of rotatable bonds is 2. The van der Waals surface area contributed by atoms with Crippen LogP contribution in [0, 0.1) is 0 Å². The zero-order chi connectivity index (χ0) is 17.2. The number of hydrogen-bond acceptors (Lipinski definition) is 4. The van der Waals surface area contributed by atoms with Crippen molar-refractivity contribution in [2.24, 2.45) is 0 Å². The highest BCUT2D eigenvalue weighted by molar-refractivity contribution is 5.92. The number of likely N-dealkylation sites (tertiary alicyclic amines) is 1. The number of piperidine rings is 1. The van der Waals surface area contributed by atoms with Crippen molar-refractivity contribution in [3.8, 4) is 0 Å². The third-order valence-electron chi connectivity index (χ3n) is 4.99. The van der Waals surface area contributed by atoms with Gasteiger partial charge >= 0.3 is 11.7 Å². The van der Waals surface area contributed by atoms with Gasteiger partial charge in [-0.3, -0.25) is 4.90 Å². The molecule has 4 rings (SSSR count). The molecule has 0 atom stereocenters. The predicted octanol–water partition coefficient (Wildman–Crippen LogP) is 2.66. The quantitative estimate of drug-likeness (QED) is 0.675.